The van der Waals surface area contributed by atoms with E-state index in [1.54, 1.807) is 30.5 Å². The van der Waals surface area contributed by atoms with Crippen molar-refractivity contribution in [2.24, 2.45) is 0 Å². The summed E-state index contributed by atoms with van der Waals surface area (Å²) in [6.45, 7) is 5.47. The fraction of sp³-hybridized carbons (Fsp3) is 0.345. The molecule has 0 radical (unpaired) electrons. The highest BCUT2D eigenvalue weighted by Crippen LogP contribution is 2.43. The molecule has 0 spiro atoms. The predicted molar refractivity (Wildman–Crippen MR) is 160 cm³/mol. The van der Waals surface area contributed by atoms with Gasteiger partial charge in [0.1, 0.15) is 17.9 Å². The molecule has 1 atom stereocenters. The van der Waals surface area contributed by atoms with E-state index >= 15 is 4.39 Å². The first-order valence-electron chi connectivity index (χ1n) is 13.8. The van der Waals surface area contributed by atoms with Gasteiger partial charge in [0.2, 0.25) is 17.2 Å². The average molecular weight is 625 g/mol. The molecule has 222 valence electrons. The van der Waals surface area contributed by atoms with Gasteiger partial charge in [-0.05, 0) is 37.3 Å². The van der Waals surface area contributed by atoms with E-state index in [9.17, 15) is 4.79 Å². The third-order valence-electron chi connectivity index (χ3n) is 7.92. The molecule has 0 saturated carbocycles. The number of halogens is 2. The van der Waals surface area contributed by atoms with Gasteiger partial charge in [-0.2, -0.15) is 0 Å². The monoisotopic (exact) mass is 624 g/mol. The van der Waals surface area contributed by atoms with Crippen molar-refractivity contribution in [1.82, 2.24) is 25.0 Å². The summed E-state index contributed by atoms with van der Waals surface area (Å²) in [5.41, 5.74) is 1.52. The number of ether oxygens (including phenoxy) is 1. The zero-order valence-corrected chi connectivity index (χ0v) is 25.3. The van der Waals surface area contributed by atoms with Crippen LogP contribution in [0.4, 0.5) is 10.1 Å². The van der Waals surface area contributed by atoms with Gasteiger partial charge in [0.15, 0.2) is 11.6 Å². The molecule has 2 aliphatic heterocycles. The summed E-state index contributed by atoms with van der Waals surface area (Å²) in [6, 6.07) is 8.29. The van der Waals surface area contributed by atoms with Crippen LogP contribution in [0.2, 0.25) is 5.02 Å². The van der Waals surface area contributed by atoms with Gasteiger partial charge >= 0.3 is 0 Å². The number of pyridine rings is 1. The minimum atomic E-state index is -0.482. The number of nitrogens with zero attached hydrogens (tertiary/aromatic N) is 7. The largest absolute Gasteiger partial charge is 0.487 e. The number of thioether (sulfide) groups is 1. The van der Waals surface area contributed by atoms with Crippen molar-refractivity contribution in [2.45, 2.75) is 23.9 Å². The zero-order chi connectivity index (χ0) is 29.9. The molecular weight excluding hydrogens is 597 g/mol. The summed E-state index contributed by atoms with van der Waals surface area (Å²) in [7, 11) is 4.33. The Kier molecular flexibility index (Phi) is 6.90. The molecule has 2 aliphatic rings. The summed E-state index contributed by atoms with van der Waals surface area (Å²) >= 11 is 7.15. The first-order valence-corrected chi connectivity index (χ1v) is 15.2. The van der Waals surface area contributed by atoms with Gasteiger partial charge in [-0.15, -0.1) is 20.4 Å². The Morgan fingerprint density at radius 1 is 1.07 bits per heavy atom. The zero-order valence-electron chi connectivity index (χ0n) is 23.7. The number of hydrogen-bond donors (Lipinski definition) is 0. The minimum absolute atomic E-state index is 0.0475. The second kappa shape index (κ2) is 10.6. The van der Waals surface area contributed by atoms with Gasteiger partial charge in [0.25, 0.3) is 11.1 Å². The lowest BCUT2D eigenvalue weighted by molar-refractivity contribution is -0.890. The number of piperazine rings is 1. The van der Waals surface area contributed by atoms with Crippen molar-refractivity contribution >= 4 is 40.0 Å². The highest BCUT2D eigenvalue weighted by molar-refractivity contribution is 7.98. The van der Waals surface area contributed by atoms with E-state index in [0.29, 0.717) is 53.5 Å². The SMILES string of the molecule is C[C@H]1COc2c(N3CC[N+](C)(C)CC3)c(F)cc3c(=O)c(-c4nnc(SCc5nnc(-c6ccc(Cl)cc6)o5)o4)cn1c23. The van der Waals surface area contributed by atoms with Crippen LogP contribution >= 0.6 is 23.4 Å². The molecule has 11 nitrogen and oxygen atoms in total. The van der Waals surface area contributed by atoms with E-state index in [1.807, 2.05) is 16.4 Å². The Morgan fingerprint density at radius 3 is 2.58 bits per heavy atom. The van der Waals surface area contributed by atoms with E-state index in [4.69, 9.17) is 25.2 Å². The molecule has 14 heteroatoms. The molecular formula is C29H28ClFN7O4S+. The summed E-state index contributed by atoms with van der Waals surface area (Å²) in [4.78, 5) is 15.7. The van der Waals surface area contributed by atoms with Gasteiger partial charge < -0.3 is 27.5 Å². The first-order chi connectivity index (χ1) is 20.7. The molecule has 2 aromatic carbocycles. The molecule has 0 unspecified atom stereocenters. The second-order valence-electron chi connectivity index (χ2n) is 11.4. The van der Waals surface area contributed by atoms with Gasteiger partial charge in [-0.25, -0.2) is 4.39 Å². The van der Waals surface area contributed by atoms with Crippen LogP contribution in [-0.2, 0) is 5.75 Å². The molecule has 7 rings (SSSR count). The van der Waals surface area contributed by atoms with Crippen molar-refractivity contribution in [3.63, 3.8) is 0 Å². The van der Waals surface area contributed by atoms with Crippen molar-refractivity contribution in [2.75, 3.05) is 51.8 Å². The third-order valence-corrected chi connectivity index (χ3v) is 8.98. The minimum Gasteiger partial charge on any atom is -0.487 e. The van der Waals surface area contributed by atoms with Crippen LogP contribution in [0.3, 0.4) is 0 Å². The normalized spacial score (nSPS) is 17.8. The molecule has 1 saturated heterocycles. The van der Waals surface area contributed by atoms with Crippen LogP contribution in [0.25, 0.3) is 33.8 Å². The van der Waals surface area contributed by atoms with Crippen LogP contribution in [-0.4, -0.2) is 76.3 Å². The fourth-order valence-electron chi connectivity index (χ4n) is 5.41. The molecule has 5 aromatic rings. The van der Waals surface area contributed by atoms with E-state index in [0.717, 1.165) is 23.1 Å². The van der Waals surface area contributed by atoms with Gasteiger partial charge in [0, 0.05) is 16.8 Å². The molecule has 5 heterocycles. The van der Waals surface area contributed by atoms with Crippen molar-refractivity contribution in [1.29, 1.82) is 0 Å². The number of anilines is 1. The van der Waals surface area contributed by atoms with Gasteiger partial charge in [-0.3, -0.25) is 4.79 Å². The van der Waals surface area contributed by atoms with E-state index in [-0.39, 0.29) is 33.9 Å². The second-order valence-corrected chi connectivity index (χ2v) is 12.8. The molecule has 0 N–H and O–H groups in total. The molecule has 0 amide bonds. The summed E-state index contributed by atoms with van der Waals surface area (Å²) in [5, 5.41) is 17.4. The van der Waals surface area contributed by atoms with Crippen LogP contribution < -0.4 is 15.1 Å². The van der Waals surface area contributed by atoms with Gasteiger partial charge in [0.05, 0.1) is 63.0 Å². The van der Waals surface area contributed by atoms with Crippen LogP contribution in [0.5, 0.6) is 5.75 Å². The average Bonchev–Trinajstić information content (AvgIpc) is 3.66. The van der Waals surface area contributed by atoms with Crippen LogP contribution in [0, 0.1) is 5.82 Å². The smallest absolute Gasteiger partial charge is 0.277 e. The maximum absolute atomic E-state index is 15.7. The maximum atomic E-state index is 15.7. The Balaban J connectivity index is 1.18. The first kappa shape index (κ1) is 27.9. The number of quaternary nitrogens is 1. The topological polar surface area (TPSA) is 112 Å². The third kappa shape index (κ3) is 5.15. The number of benzene rings is 2. The van der Waals surface area contributed by atoms with E-state index in [2.05, 4.69) is 34.5 Å². The summed E-state index contributed by atoms with van der Waals surface area (Å²) in [5.74, 6) is 0.989. The number of rotatable bonds is 6. The van der Waals surface area contributed by atoms with Gasteiger partial charge in [-0.1, -0.05) is 23.4 Å². The quantitative estimate of drug-likeness (QED) is 0.188. The Bertz CT molecular complexity index is 1900. The standard InChI is InChI=1S/C29H28ClFN7O4S/c1-16-14-40-26-23-19(12-21(31)24(26)36-8-10-38(2,3)11-9-36)25(39)20(13-37(16)23)28-34-35-29(42-28)43-15-22-32-33-27(41-22)17-4-6-18(30)7-5-17/h4-7,12-13,16H,8-11,14-15H2,1-3H3/q+1/t16-/m0/s1. The molecule has 0 aliphatic carbocycles. The lowest BCUT2D eigenvalue weighted by Gasteiger charge is -2.41. The van der Waals surface area contributed by atoms with E-state index < -0.39 is 11.2 Å². The van der Waals surface area contributed by atoms with Crippen molar-refractivity contribution < 1.29 is 22.4 Å². The number of likely N-dealkylation sites (N-methyl/N-ethyl adjacent to an activating group) is 1. The molecule has 3 aromatic heterocycles. The highest BCUT2D eigenvalue weighted by atomic mass is 35.5. The lowest BCUT2D eigenvalue weighted by Crippen LogP contribution is -2.55. The fourth-order valence-corrected chi connectivity index (χ4v) is 6.14. The van der Waals surface area contributed by atoms with Crippen molar-refractivity contribution in [3.8, 4) is 28.7 Å². The molecule has 43 heavy (non-hydrogen) atoms. The lowest BCUT2D eigenvalue weighted by atomic mass is 10.1. The Morgan fingerprint density at radius 2 is 1.81 bits per heavy atom. The van der Waals surface area contributed by atoms with Crippen LogP contribution in [0.15, 0.2) is 55.4 Å². The van der Waals surface area contributed by atoms with E-state index in [1.165, 1.54) is 17.8 Å². The Hall–Kier alpha value is -3.94. The molecule has 1 fully saturated rings. The summed E-state index contributed by atoms with van der Waals surface area (Å²) < 4.78 is 36.3. The number of hydrogen-bond acceptors (Lipinski definition) is 10. The maximum Gasteiger partial charge on any atom is 0.277 e. The number of aromatic nitrogens is 5. The van der Waals surface area contributed by atoms with Crippen molar-refractivity contribution in [3.05, 3.63) is 63.5 Å². The highest BCUT2D eigenvalue weighted by Gasteiger charge is 2.33. The summed E-state index contributed by atoms with van der Waals surface area (Å²) in [6.07, 6.45) is 1.71. The molecule has 0 bridgehead atoms. The Labute approximate surface area is 254 Å². The predicted octanol–water partition coefficient (Wildman–Crippen LogP) is 5.04. The van der Waals surface area contributed by atoms with Crippen LogP contribution in [0.1, 0.15) is 18.9 Å².